The number of ether oxygens (including phenoxy) is 3. The van der Waals surface area contributed by atoms with Gasteiger partial charge in [-0.3, -0.25) is 4.90 Å². The van der Waals surface area contributed by atoms with Crippen LogP contribution < -0.4 is 9.47 Å². The molecule has 134 valence electrons. The summed E-state index contributed by atoms with van der Waals surface area (Å²) in [6.07, 6.45) is 0. The Balaban J connectivity index is 1.67. The van der Waals surface area contributed by atoms with Crippen LogP contribution in [0.2, 0.25) is 0 Å². The summed E-state index contributed by atoms with van der Waals surface area (Å²) in [4.78, 5) is 6.06. The number of hydrogen-bond donors (Lipinski definition) is 1. The molecule has 1 saturated heterocycles. The van der Waals surface area contributed by atoms with E-state index in [9.17, 15) is 0 Å². The van der Waals surface area contributed by atoms with E-state index in [2.05, 4.69) is 53.2 Å². The minimum atomic E-state index is 0.157. The van der Waals surface area contributed by atoms with Crippen LogP contribution in [0.1, 0.15) is 22.9 Å². The third kappa shape index (κ3) is 2.55. The van der Waals surface area contributed by atoms with Crippen molar-refractivity contribution < 1.29 is 14.2 Å². The average Bonchev–Trinajstić information content (AvgIpc) is 3.27. The minimum Gasteiger partial charge on any atom is -0.454 e. The molecule has 26 heavy (non-hydrogen) atoms. The molecule has 0 amide bonds. The molecule has 2 aliphatic rings. The maximum Gasteiger partial charge on any atom is 0.231 e. The Bertz CT molecular complexity index is 944. The van der Waals surface area contributed by atoms with Gasteiger partial charge in [0.15, 0.2) is 11.5 Å². The number of aryl methyl sites for hydroxylation is 1. The Morgan fingerprint density at radius 1 is 1.00 bits per heavy atom. The van der Waals surface area contributed by atoms with Crippen LogP contribution in [0.3, 0.4) is 0 Å². The van der Waals surface area contributed by atoms with Crippen molar-refractivity contribution in [2.75, 3.05) is 33.1 Å². The first-order valence-electron chi connectivity index (χ1n) is 9.10. The summed E-state index contributed by atoms with van der Waals surface area (Å²) in [5.74, 6) is 1.66. The molecule has 1 aromatic heterocycles. The summed E-state index contributed by atoms with van der Waals surface area (Å²) < 4.78 is 16.7. The molecule has 2 aliphatic heterocycles. The van der Waals surface area contributed by atoms with Crippen molar-refractivity contribution in [1.29, 1.82) is 0 Å². The molecule has 0 radical (unpaired) electrons. The second-order valence-corrected chi connectivity index (χ2v) is 6.87. The first kappa shape index (κ1) is 15.7. The van der Waals surface area contributed by atoms with E-state index in [4.69, 9.17) is 14.2 Å². The Morgan fingerprint density at radius 2 is 1.81 bits per heavy atom. The van der Waals surface area contributed by atoms with Gasteiger partial charge in [0.05, 0.1) is 19.3 Å². The zero-order valence-corrected chi connectivity index (χ0v) is 14.8. The molecule has 1 atom stereocenters. The van der Waals surface area contributed by atoms with Crippen molar-refractivity contribution in [2.45, 2.75) is 13.0 Å². The van der Waals surface area contributed by atoms with E-state index in [1.807, 2.05) is 6.07 Å². The SMILES string of the molecule is Cc1[nH]c2ccccc2c1[C@H](c1ccc2c(c1)OCO2)N1CCOCC1. The van der Waals surface area contributed by atoms with Gasteiger partial charge in [-0.25, -0.2) is 0 Å². The highest BCUT2D eigenvalue weighted by Gasteiger charge is 2.29. The fourth-order valence-electron chi connectivity index (χ4n) is 4.13. The topological polar surface area (TPSA) is 46.7 Å². The molecule has 0 aliphatic carbocycles. The molecule has 5 heteroatoms. The van der Waals surface area contributed by atoms with Crippen LogP contribution in [0.25, 0.3) is 10.9 Å². The van der Waals surface area contributed by atoms with Crippen molar-refractivity contribution in [3.63, 3.8) is 0 Å². The predicted molar refractivity (Wildman–Crippen MR) is 99.8 cm³/mol. The lowest BCUT2D eigenvalue weighted by Gasteiger charge is -2.35. The summed E-state index contributed by atoms with van der Waals surface area (Å²) in [6, 6.07) is 15.0. The van der Waals surface area contributed by atoms with Gasteiger partial charge in [-0.2, -0.15) is 0 Å². The molecule has 1 N–H and O–H groups in total. The Morgan fingerprint density at radius 3 is 2.69 bits per heavy atom. The number of rotatable bonds is 3. The van der Waals surface area contributed by atoms with Gasteiger partial charge in [-0.15, -0.1) is 0 Å². The van der Waals surface area contributed by atoms with Crippen LogP contribution in [0, 0.1) is 6.92 Å². The molecular formula is C21H22N2O3. The van der Waals surface area contributed by atoms with Crippen LogP contribution in [-0.2, 0) is 4.74 Å². The summed E-state index contributed by atoms with van der Waals surface area (Å²) in [6.45, 7) is 5.82. The first-order valence-corrected chi connectivity index (χ1v) is 9.10. The number of nitrogens with zero attached hydrogens (tertiary/aromatic N) is 1. The maximum absolute atomic E-state index is 5.64. The van der Waals surface area contributed by atoms with E-state index in [-0.39, 0.29) is 6.04 Å². The number of fused-ring (bicyclic) bond motifs is 2. The number of morpholine rings is 1. The van der Waals surface area contributed by atoms with Crippen LogP contribution >= 0.6 is 0 Å². The van der Waals surface area contributed by atoms with Gasteiger partial charge in [-0.1, -0.05) is 24.3 Å². The molecule has 3 aromatic rings. The standard InChI is InChI=1S/C21H22N2O3/c1-14-20(16-4-2-3-5-17(16)22-14)21(23-8-10-24-11-9-23)15-6-7-18-19(12-15)26-13-25-18/h2-7,12,21-22H,8-11,13H2,1H3/t21-/m0/s1. The molecule has 0 bridgehead atoms. The zero-order valence-electron chi connectivity index (χ0n) is 14.8. The normalized spacial score (nSPS) is 18.3. The van der Waals surface area contributed by atoms with Gasteiger partial charge in [-0.05, 0) is 30.7 Å². The minimum absolute atomic E-state index is 0.157. The molecule has 1 fully saturated rings. The zero-order chi connectivity index (χ0) is 17.5. The second kappa shape index (κ2) is 6.34. The fourth-order valence-corrected chi connectivity index (χ4v) is 4.13. The number of H-pyrrole nitrogens is 1. The van der Waals surface area contributed by atoms with E-state index in [1.54, 1.807) is 0 Å². The highest BCUT2D eigenvalue weighted by Crippen LogP contribution is 2.40. The molecule has 2 aromatic carbocycles. The van der Waals surface area contributed by atoms with Gasteiger partial charge in [0.25, 0.3) is 0 Å². The van der Waals surface area contributed by atoms with Crippen molar-refractivity contribution in [1.82, 2.24) is 9.88 Å². The summed E-state index contributed by atoms with van der Waals surface area (Å²) in [7, 11) is 0. The number of nitrogens with one attached hydrogen (secondary N) is 1. The maximum atomic E-state index is 5.64. The number of aromatic nitrogens is 1. The van der Waals surface area contributed by atoms with Crippen molar-refractivity contribution >= 4 is 10.9 Å². The number of para-hydroxylation sites is 1. The largest absolute Gasteiger partial charge is 0.454 e. The van der Waals surface area contributed by atoms with Gasteiger partial charge in [0.2, 0.25) is 6.79 Å². The first-order chi connectivity index (χ1) is 12.8. The van der Waals surface area contributed by atoms with Crippen molar-refractivity contribution in [3.8, 4) is 11.5 Å². The molecule has 3 heterocycles. The third-order valence-corrected chi connectivity index (χ3v) is 5.34. The van der Waals surface area contributed by atoms with Gasteiger partial charge < -0.3 is 19.2 Å². The lowest BCUT2D eigenvalue weighted by atomic mass is 9.94. The predicted octanol–water partition coefficient (Wildman–Crippen LogP) is 3.63. The molecule has 0 unspecified atom stereocenters. The molecule has 5 nitrogen and oxygen atoms in total. The molecular weight excluding hydrogens is 328 g/mol. The Kier molecular flexibility index (Phi) is 3.84. The molecule has 0 spiro atoms. The van der Waals surface area contributed by atoms with E-state index in [0.717, 1.165) is 37.8 Å². The van der Waals surface area contributed by atoms with Crippen molar-refractivity contribution in [3.05, 3.63) is 59.3 Å². The summed E-state index contributed by atoms with van der Waals surface area (Å²) >= 11 is 0. The number of hydrogen-bond acceptors (Lipinski definition) is 4. The summed E-state index contributed by atoms with van der Waals surface area (Å²) in [5.41, 5.74) is 4.95. The Hall–Kier alpha value is -2.50. The second-order valence-electron chi connectivity index (χ2n) is 6.87. The Labute approximate surface area is 152 Å². The lowest BCUT2D eigenvalue weighted by Crippen LogP contribution is -2.39. The van der Waals surface area contributed by atoms with Crippen molar-refractivity contribution in [2.24, 2.45) is 0 Å². The highest BCUT2D eigenvalue weighted by atomic mass is 16.7. The van der Waals surface area contributed by atoms with E-state index in [0.29, 0.717) is 6.79 Å². The van der Waals surface area contributed by atoms with Gasteiger partial charge >= 0.3 is 0 Å². The third-order valence-electron chi connectivity index (χ3n) is 5.34. The van der Waals surface area contributed by atoms with Crippen LogP contribution in [0.4, 0.5) is 0 Å². The fraction of sp³-hybridized carbons (Fsp3) is 0.333. The quantitative estimate of drug-likeness (QED) is 0.784. The summed E-state index contributed by atoms with van der Waals surface area (Å²) in [5, 5.41) is 1.28. The van der Waals surface area contributed by atoms with Crippen LogP contribution in [0.5, 0.6) is 11.5 Å². The van der Waals surface area contributed by atoms with E-state index >= 15 is 0 Å². The molecule has 5 rings (SSSR count). The van der Waals surface area contributed by atoms with Gasteiger partial charge in [0.1, 0.15) is 0 Å². The monoisotopic (exact) mass is 350 g/mol. The lowest BCUT2D eigenvalue weighted by molar-refractivity contribution is 0.0240. The number of benzene rings is 2. The van der Waals surface area contributed by atoms with Crippen LogP contribution in [0.15, 0.2) is 42.5 Å². The number of aromatic amines is 1. The molecule has 0 saturated carbocycles. The van der Waals surface area contributed by atoms with Gasteiger partial charge in [0, 0.05) is 35.2 Å². The van der Waals surface area contributed by atoms with E-state index in [1.165, 1.54) is 27.7 Å². The average molecular weight is 350 g/mol. The highest BCUT2D eigenvalue weighted by molar-refractivity contribution is 5.85. The van der Waals surface area contributed by atoms with Crippen LogP contribution in [-0.4, -0.2) is 43.0 Å². The van der Waals surface area contributed by atoms with E-state index < -0.39 is 0 Å². The smallest absolute Gasteiger partial charge is 0.231 e.